The highest BCUT2D eigenvalue weighted by atomic mass is 16.3. The minimum atomic E-state index is 0.532. The third kappa shape index (κ3) is 1.40. The van der Waals surface area contributed by atoms with E-state index in [-0.39, 0.29) is 0 Å². The van der Waals surface area contributed by atoms with Crippen LogP contribution in [0.25, 0.3) is 17.1 Å². The summed E-state index contributed by atoms with van der Waals surface area (Å²) in [6, 6.07) is 7.68. The highest BCUT2D eigenvalue weighted by Crippen LogP contribution is 2.19. The fourth-order valence-electron chi connectivity index (χ4n) is 1.70. The maximum atomic E-state index is 5.59. The number of pyridine rings is 1. The Morgan fingerprint density at radius 2 is 2.19 bits per heavy atom. The van der Waals surface area contributed by atoms with Gasteiger partial charge in [0.15, 0.2) is 5.76 Å². The Bertz CT molecular complexity index is 610. The van der Waals surface area contributed by atoms with Crippen LogP contribution in [0.15, 0.2) is 47.3 Å². The second-order valence-electron chi connectivity index (χ2n) is 3.61. The first-order valence-corrected chi connectivity index (χ1v) is 5.08. The van der Waals surface area contributed by atoms with Crippen LogP contribution in [0, 0.1) is 0 Å². The van der Waals surface area contributed by atoms with Gasteiger partial charge in [0.25, 0.3) is 0 Å². The van der Waals surface area contributed by atoms with Crippen LogP contribution in [0.3, 0.4) is 0 Å². The number of furan rings is 1. The molecular weight excluding hydrogens is 202 g/mol. The van der Waals surface area contributed by atoms with Crippen molar-refractivity contribution < 1.29 is 4.42 Å². The van der Waals surface area contributed by atoms with Gasteiger partial charge in [-0.1, -0.05) is 6.07 Å². The second-order valence-corrected chi connectivity index (χ2v) is 3.61. The quantitative estimate of drug-likeness (QED) is 0.708. The van der Waals surface area contributed by atoms with E-state index in [1.165, 1.54) is 0 Å². The van der Waals surface area contributed by atoms with Crippen molar-refractivity contribution in [2.24, 2.45) is 5.73 Å². The van der Waals surface area contributed by atoms with E-state index in [1.54, 1.807) is 6.26 Å². The van der Waals surface area contributed by atoms with E-state index in [0.717, 1.165) is 22.7 Å². The van der Waals surface area contributed by atoms with Crippen LogP contribution in [0.4, 0.5) is 0 Å². The van der Waals surface area contributed by atoms with Crippen molar-refractivity contribution in [1.29, 1.82) is 0 Å². The van der Waals surface area contributed by atoms with Gasteiger partial charge in [-0.05, 0) is 23.8 Å². The lowest BCUT2D eigenvalue weighted by Crippen LogP contribution is -1.97. The molecular formula is C12H11N3O. The van der Waals surface area contributed by atoms with Gasteiger partial charge in [-0.25, -0.2) is 4.98 Å². The Morgan fingerprint density at radius 3 is 2.94 bits per heavy atom. The van der Waals surface area contributed by atoms with Crippen molar-refractivity contribution in [3.8, 4) is 11.5 Å². The maximum Gasteiger partial charge on any atom is 0.153 e. The molecule has 16 heavy (non-hydrogen) atoms. The number of rotatable bonds is 2. The SMILES string of the molecule is NCc1ccc2nc(-c3ccco3)cn2c1. The van der Waals surface area contributed by atoms with Crippen LogP contribution in [0.5, 0.6) is 0 Å². The number of fused-ring (bicyclic) bond motifs is 1. The zero-order chi connectivity index (χ0) is 11.0. The van der Waals surface area contributed by atoms with E-state index < -0.39 is 0 Å². The van der Waals surface area contributed by atoms with Crippen LogP contribution in [-0.4, -0.2) is 9.38 Å². The largest absolute Gasteiger partial charge is 0.463 e. The zero-order valence-electron chi connectivity index (χ0n) is 8.63. The minimum absolute atomic E-state index is 0.532. The first-order valence-electron chi connectivity index (χ1n) is 5.08. The van der Waals surface area contributed by atoms with Crippen molar-refractivity contribution in [3.05, 3.63) is 48.5 Å². The molecule has 0 atom stereocenters. The number of nitrogens with zero attached hydrogens (tertiary/aromatic N) is 2. The molecule has 2 N–H and O–H groups in total. The molecule has 80 valence electrons. The Labute approximate surface area is 92.3 Å². The molecule has 0 radical (unpaired) electrons. The van der Waals surface area contributed by atoms with Gasteiger partial charge in [0.2, 0.25) is 0 Å². The van der Waals surface area contributed by atoms with Gasteiger partial charge in [0, 0.05) is 18.9 Å². The molecule has 0 aromatic carbocycles. The number of aromatic nitrogens is 2. The standard InChI is InChI=1S/C12H11N3O/c13-6-9-3-4-12-14-10(8-15(12)7-9)11-2-1-5-16-11/h1-5,7-8H,6,13H2. The molecule has 0 bridgehead atoms. The van der Waals surface area contributed by atoms with Gasteiger partial charge in [-0.3, -0.25) is 0 Å². The van der Waals surface area contributed by atoms with Gasteiger partial charge in [-0.15, -0.1) is 0 Å². The summed E-state index contributed by atoms with van der Waals surface area (Å²) in [4.78, 5) is 4.46. The molecule has 0 unspecified atom stereocenters. The molecule has 0 aliphatic heterocycles. The zero-order valence-corrected chi connectivity index (χ0v) is 8.63. The van der Waals surface area contributed by atoms with Crippen LogP contribution in [0.1, 0.15) is 5.56 Å². The molecule has 0 saturated carbocycles. The average molecular weight is 213 g/mol. The summed E-state index contributed by atoms with van der Waals surface area (Å²) >= 11 is 0. The fourth-order valence-corrected chi connectivity index (χ4v) is 1.70. The van der Waals surface area contributed by atoms with Crippen molar-refractivity contribution in [2.45, 2.75) is 6.54 Å². The fraction of sp³-hybridized carbons (Fsp3) is 0.0833. The maximum absolute atomic E-state index is 5.59. The molecule has 0 aliphatic rings. The Balaban J connectivity index is 2.16. The molecule has 0 spiro atoms. The highest BCUT2D eigenvalue weighted by Gasteiger charge is 2.06. The van der Waals surface area contributed by atoms with Crippen molar-refractivity contribution >= 4 is 5.65 Å². The minimum Gasteiger partial charge on any atom is -0.463 e. The summed E-state index contributed by atoms with van der Waals surface area (Å²) < 4.78 is 7.26. The second kappa shape index (κ2) is 3.50. The normalized spacial score (nSPS) is 11.1. The Morgan fingerprint density at radius 1 is 1.25 bits per heavy atom. The van der Waals surface area contributed by atoms with E-state index in [9.17, 15) is 0 Å². The molecule has 0 fully saturated rings. The van der Waals surface area contributed by atoms with Crippen LogP contribution in [0.2, 0.25) is 0 Å². The summed E-state index contributed by atoms with van der Waals surface area (Å²) in [6.45, 7) is 0.532. The predicted molar refractivity (Wildman–Crippen MR) is 60.8 cm³/mol. The van der Waals surface area contributed by atoms with Gasteiger partial charge in [0.1, 0.15) is 11.3 Å². The Kier molecular flexibility index (Phi) is 2.01. The van der Waals surface area contributed by atoms with Gasteiger partial charge in [0.05, 0.1) is 6.26 Å². The average Bonchev–Trinajstić information content (AvgIpc) is 2.96. The van der Waals surface area contributed by atoms with E-state index in [4.69, 9.17) is 10.2 Å². The van der Waals surface area contributed by atoms with E-state index in [1.807, 2.05) is 41.1 Å². The first-order chi connectivity index (χ1) is 7.86. The summed E-state index contributed by atoms with van der Waals surface area (Å²) in [5.41, 5.74) is 8.39. The molecule has 0 saturated heterocycles. The lowest BCUT2D eigenvalue weighted by atomic mass is 10.3. The molecule has 3 aromatic heterocycles. The number of nitrogens with two attached hydrogens (primary N) is 1. The van der Waals surface area contributed by atoms with Crippen molar-refractivity contribution in [1.82, 2.24) is 9.38 Å². The summed E-state index contributed by atoms with van der Waals surface area (Å²) in [5, 5.41) is 0. The lowest BCUT2D eigenvalue weighted by molar-refractivity contribution is 0.580. The monoisotopic (exact) mass is 213 g/mol. The van der Waals surface area contributed by atoms with E-state index >= 15 is 0 Å². The van der Waals surface area contributed by atoms with E-state index in [0.29, 0.717) is 6.54 Å². The molecule has 3 aromatic rings. The third-order valence-corrected chi connectivity index (χ3v) is 2.52. The summed E-state index contributed by atoms with van der Waals surface area (Å²) in [6.07, 6.45) is 5.56. The predicted octanol–water partition coefficient (Wildman–Crippen LogP) is 2.05. The number of hydrogen-bond acceptors (Lipinski definition) is 3. The third-order valence-electron chi connectivity index (χ3n) is 2.52. The molecule has 0 aliphatic carbocycles. The first kappa shape index (κ1) is 9.18. The van der Waals surface area contributed by atoms with Gasteiger partial charge >= 0.3 is 0 Å². The Hall–Kier alpha value is -2.07. The molecule has 3 heterocycles. The van der Waals surface area contributed by atoms with Crippen molar-refractivity contribution in [2.75, 3.05) is 0 Å². The van der Waals surface area contributed by atoms with Crippen LogP contribution >= 0.6 is 0 Å². The number of imidazole rings is 1. The van der Waals surface area contributed by atoms with Crippen LogP contribution < -0.4 is 5.73 Å². The van der Waals surface area contributed by atoms with Crippen molar-refractivity contribution in [3.63, 3.8) is 0 Å². The summed E-state index contributed by atoms with van der Waals surface area (Å²) in [7, 11) is 0. The molecule has 3 rings (SSSR count). The smallest absolute Gasteiger partial charge is 0.153 e. The topological polar surface area (TPSA) is 56.5 Å². The highest BCUT2D eigenvalue weighted by molar-refractivity contribution is 5.57. The molecule has 4 heteroatoms. The molecule has 4 nitrogen and oxygen atoms in total. The molecule has 0 amide bonds. The van der Waals surface area contributed by atoms with E-state index in [2.05, 4.69) is 4.98 Å². The summed E-state index contributed by atoms with van der Waals surface area (Å²) in [5.74, 6) is 0.776. The van der Waals surface area contributed by atoms with Crippen LogP contribution in [-0.2, 0) is 6.54 Å². The van der Waals surface area contributed by atoms with Gasteiger partial charge in [-0.2, -0.15) is 0 Å². The lowest BCUT2D eigenvalue weighted by Gasteiger charge is -1.96. The van der Waals surface area contributed by atoms with Gasteiger partial charge < -0.3 is 14.6 Å². The number of hydrogen-bond donors (Lipinski definition) is 1.